The summed E-state index contributed by atoms with van der Waals surface area (Å²) in [7, 11) is 0. The van der Waals surface area contributed by atoms with Gasteiger partial charge in [0.15, 0.2) is 5.16 Å². The summed E-state index contributed by atoms with van der Waals surface area (Å²) in [6.45, 7) is 1.51. The number of nitro groups is 1. The van der Waals surface area contributed by atoms with Crippen LogP contribution >= 0.6 is 50.9 Å². The first kappa shape index (κ1) is 26.4. The fourth-order valence-corrected chi connectivity index (χ4v) is 5.50. The molecular weight excluding hydrogens is 594 g/mol. The molecule has 0 radical (unpaired) electrons. The summed E-state index contributed by atoms with van der Waals surface area (Å²) in [6, 6.07) is 16.3. The summed E-state index contributed by atoms with van der Waals surface area (Å²) >= 11 is 16.9. The Hall–Kier alpha value is -2.66. The lowest BCUT2D eigenvalue weighted by Crippen LogP contribution is -2.13. The van der Waals surface area contributed by atoms with Crippen molar-refractivity contribution in [1.82, 2.24) is 14.8 Å². The molecule has 36 heavy (non-hydrogen) atoms. The summed E-state index contributed by atoms with van der Waals surface area (Å²) in [5.74, 6) is 0.654. The lowest BCUT2D eigenvalue weighted by atomic mass is 10.1. The Morgan fingerprint density at radius 3 is 2.58 bits per heavy atom. The Balaban J connectivity index is 1.68. The molecular formula is C24H18BrCl2FN4O3S. The Labute approximate surface area is 228 Å². The maximum atomic E-state index is 13.5. The van der Waals surface area contributed by atoms with Gasteiger partial charge in [-0.3, -0.25) is 14.7 Å². The van der Waals surface area contributed by atoms with E-state index in [0.29, 0.717) is 38.0 Å². The number of hydrogen-bond donors (Lipinski definition) is 0. The Kier molecular flexibility index (Phi) is 8.50. The van der Waals surface area contributed by atoms with Gasteiger partial charge < -0.3 is 4.74 Å². The third kappa shape index (κ3) is 6.36. The fraction of sp³-hybridized carbons (Fsp3) is 0.167. The number of ether oxygens (including phenoxy) is 1. The maximum Gasteiger partial charge on any atom is 0.220 e. The maximum absolute atomic E-state index is 13.5. The molecule has 0 spiro atoms. The van der Waals surface area contributed by atoms with Crippen LogP contribution in [-0.2, 0) is 6.61 Å². The van der Waals surface area contributed by atoms with Crippen LogP contribution in [0.25, 0.3) is 5.69 Å². The number of halogens is 4. The number of rotatable bonds is 9. The molecule has 7 nitrogen and oxygen atoms in total. The Morgan fingerprint density at radius 2 is 1.89 bits per heavy atom. The standard InChI is InChI=1S/C24H18BrCl2FN4O3S/c1-14-29-30-24(32(14)19-7-5-18(28)6-8-19)36-23(12-31(33)34)20-10-16(25)3-9-22(20)35-13-15-2-4-17(26)11-21(15)27/h2-11,23H,12-13H2,1H3/t23-/m1/s1. The van der Waals surface area contributed by atoms with Crippen molar-refractivity contribution in [3.63, 3.8) is 0 Å². The number of hydrogen-bond acceptors (Lipinski definition) is 6. The molecule has 0 amide bonds. The number of benzene rings is 3. The van der Waals surface area contributed by atoms with Crippen molar-refractivity contribution >= 4 is 50.9 Å². The first-order valence-electron chi connectivity index (χ1n) is 10.5. The zero-order valence-electron chi connectivity index (χ0n) is 18.7. The molecule has 4 aromatic rings. The van der Waals surface area contributed by atoms with Crippen LogP contribution in [0.4, 0.5) is 4.39 Å². The van der Waals surface area contributed by atoms with Gasteiger partial charge in [0.05, 0.1) is 0 Å². The molecule has 0 saturated carbocycles. The second-order valence-electron chi connectivity index (χ2n) is 7.67. The minimum absolute atomic E-state index is 0.144. The first-order valence-corrected chi connectivity index (χ1v) is 13.0. The SMILES string of the molecule is Cc1nnc(S[C@H](C[N+](=O)[O-])c2cc(Br)ccc2OCc2ccc(Cl)cc2Cl)n1-c1ccc(F)cc1. The van der Waals surface area contributed by atoms with E-state index < -0.39 is 11.8 Å². The molecule has 3 aromatic carbocycles. The molecule has 0 unspecified atom stereocenters. The molecule has 0 N–H and O–H groups in total. The normalized spacial score (nSPS) is 11.9. The minimum atomic E-state index is -0.670. The topological polar surface area (TPSA) is 83.1 Å². The van der Waals surface area contributed by atoms with Crippen molar-refractivity contribution in [1.29, 1.82) is 0 Å². The minimum Gasteiger partial charge on any atom is -0.489 e. The molecule has 0 fully saturated rings. The van der Waals surface area contributed by atoms with E-state index in [1.165, 1.54) is 23.9 Å². The predicted molar refractivity (Wildman–Crippen MR) is 141 cm³/mol. The molecule has 0 bridgehead atoms. The van der Waals surface area contributed by atoms with Crippen molar-refractivity contribution in [2.45, 2.75) is 23.9 Å². The summed E-state index contributed by atoms with van der Waals surface area (Å²) in [5.41, 5.74) is 1.96. The highest BCUT2D eigenvalue weighted by Crippen LogP contribution is 2.41. The van der Waals surface area contributed by atoms with E-state index in [0.717, 1.165) is 10.0 Å². The van der Waals surface area contributed by atoms with E-state index in [2.05, 4.69) is 26.1 Å². The van der Waals surface area contributed by atoms with Crippen LogP contribution in [0.5, 0.6) is 5.75 Å². The van der Waals surface area contributed by atoms with Crippen molar-refractivity contribution in [3.05, 3.63) is 108 Å². The van der Waals surface area contributed by atoms with Crippen LogP contribution in [0.3, 0.4) is 0 Å². The Bertz CT molecular complexity index is 1400. The molecule has 4 rings (SSSR count). The smallest absolute Gasteiger partial charge is 0.220 e. The molecule has 1 atom stereocenters. The predicted octanol–water partition coefficient (Wildman–Crippen LogP) is 7.47. The van der Waals surface area contributed by atoms with E-state index in [4.69, 9.17) is 27.9 Å². The fourth-order valence-electron chi connectivity index (χ4n) is 3.47. The second kappa shape index (κ2) is 11.6. The van der Waals surface area contributed by atoms with E-state index in [-0.39, 0.29) is 17.3 Å². The Morgan fingerprint density at radius 1 is 1.14 bits per heavy atom. The molecule has 0 aliphatic heterocycles. The van der Waals surface area contributed by atoms with Crippen LogP contribution in [0, 0.1) is 22.9 Å². The van der Waals surface area contributed by atoms with Crippen LogP contribution in [0.2, 0.25) is 10.0 Å². The van der Waals surface area contributed by atoms with Crippen LogP contribution in [0.15, 0.2) is 70.3 Å². The molecule has 0 saturated heterocycles. The summed E-state index contributed by atoms with van der Waals surface area (Å²) in [6.07, 6.45) is 0. The molecule has 1 heterocycles. The van der Waals surface area contributed by atoms with Crippen molar-refractivity contribution in [3.8, 4) is 11.4 Å². The van der Waals surface area contributed by atoms with E-state index in [1.807, 2.05) is 0 Å². The van der Waals surface area contributed by atoms with Gasteiger partial charge in [0.2, 0.25) is 6.54 Å². The highest BCUT2D eigenvalue weighted by molar-refractivity contribution is 9.10. The number of nitrogens with zero attached hydrogens (tertiary/aromatic N) is 4. The molecule has 12 heteroatoms. The van der Waals surface area contributed by atoms with Crippen LogP contribution in [0.1, 0.15) is 22.2 Å². The monoisotopic (exact) mass is 610 g/mol. The zero-order valence-corrected chi connectivity index (χ0v) is 22.6. The largest absolute Gasteiger partial charge is 0.489 e. The quantitative estimate of drug-likeness (QED) is 0.111. The van der Waals surface area contributed by atoms with E-state index >= 15 is 0 Å². The average Bonchev–Trinajstić information content (AvgIpc) is 3.19. The second-order valence-corrected chi connectivity index (χ2v) is 10.6. The van der Waals surface area contributed by atoms with E-state index in [9.17, 15) is 14.5 Å². The number of aryl methyl sites for hydroxylation is 1. The van der Waals surface area contributed by atoms with Crippen LogP contribution < -0.4 is 4.74 Å². The lowest BCUT2D eigenvalue weighted by Gasteiger charge is -2.18. The van der Waals surface area contributed by atoms with E-state index in [1.54, 1.807) is 60.0 Å². The van der Waals surface area contributed by atoms with Crippen molar-refractivity contribution < 1.29 is 14.1 Å². The van der Waals surface area contributed by atoms with Crippen LogP contribution in [-0.4, -0.2) is 26.2 Å². The third-order valence-corrected chi connectivity index (χ3v) is 7.40. The van der Waals surface area contributed by atoms with Crippen molar-refractivity contribution in [2.75, 3.05) is 6.54 Å². The highest BCUT2D eigenvalue weighted by atomic mass is 79.9. The first-order chi connectivity index (χ1) is 17.2. The lowest BCUT2D eigenvalue weighted by molar-refractivity contribution is -0.479. The summed E-state index contributed by atoms with van der Waals surface area (Å²) in [5, 5.41) is 20.7. The van der Waals surface area contributed by atoms with Gasteiger partial charge in [-0.1, -0.05) is 57.0 Å². The molecule has 0 aliphatic carbocycles. The molecule has 1 aromatic heterocycles. The third-order valence-electron chi connectivity index (χ3n) is 5.16. The summed E-state index contributed by atoms with van der Waals surface area (Å²) in [4.78, 5) is 11.3. The van der Waals surface area contributed by atoms with Gasteiger partial charge in [-0.05, 0) is 61.5 Å². The van der Waals surface area contributed by atoms with Crippen molar-refractivity contribution in [2.24, 2.45) is 0 Å². The van der Waals surface area contributed by atoms with Gasteiger partial charge in [0, 0.05) is 36.3 Å². The van der Waals surface area contributed by atoms with Gasteiger partial charge in [0.1, 0.15) is 29.2 Å². The number of thioether (sulfide) groups is 1. The average molecular weight is 612 g/mol. The van der Waals surface area contributed by atoms with Gasteiger partial charge >= 0.3 is 0 Å². The molecule has 0 aliphatic rings. The van der Waals surface area contributed by atoms with Gasteiger partial charge in [-0.25, -0.2) is 4.39 Å². The number of aromatic nitrogens is 3. The molecule has 186 valence electrons. The van der Waals surface area contributed by atoms with Gasteiger partial charge in [-0.15, -0.1) is 10.2 Å². The van der Waals surface area contributed by atoms with Gasteiger partial charge in [0.25, 0.3) is 0 Å². The van der Waals surface area contributed by atoms with Gasteiger partial charge in [-0.2, -0.15) is 0 Å². The highest BCUT2D eigenvalue weighted by Gasteiger charge is 2.27. The zero-order chi connectivity index (χ0) is 25.8. The summed E-state index contributed by atoms with van der Waals surface area (Å²) < 4.78 is 22.0.